The lowest BCUT2D eigenvalue weighted by Crippen LogP contribution is -2.14. The van der Waals surface area contributed by atoms with E-state index >= 15 is 0 Å². The zero-order chi connectivity index (χ0) is 38.8. The summed E-state index contributed by atoms with van der Waals surface area (Å²) in [6.07, 6.45) is 2.07. The Morgan fingerprint density at radius 2 is 0.768 bits per heavy atom. The lowest BCUT2D eigenvalue weighted by atomic mass is 9.84. The number of hydrogen-bond donors (Lipinski definition) is 0. The summed E-state index contributed by atoms with van der Waals surface area (Å²) in [5, 5.41) is 6.79. The summed E-state index contributed by atoms with van der Waals surface area (Å²) in [5.41, 5.74) is 6.45. The highest BCUT2D eigenvalue weighted by Crippen LogP contribution is 2.50. The van der Waals surface area contributed by atoms with Crippen LogP contribution in [0.5, 0.6) is 23.0 Å². The van der Waals surface area contributed by atoms with Crippen LogP contribution in [0.2, 0.25) is 0 Å². The minimum atomic E-state index is -0.815. The maximum absolute atomic E-state index is 13.5. The SMILES string of the molecule is CCCc1ccc2c(OC(=O)Oc3ccc(C)cc3)c3ccccc3c(-c3c4ccccc4c(OC(=O)Oc4ccc(C)cc4)c4ccc(CCC)cc34)c2c1. The Morgan fingerprint density at radius 3 is 1.14 bits per heavy atom. The fraction of sp³-hybridized carbons (Fsp3) is 0.160. The highest BCUT2D eigenvalue weighted by atomic mass is 16.7. The lowest BCUT2D eigenvalue weighted by Gasteiger charge is -2.22. The predicted octanol–water partition coefficient (Wildman–Crippen LogP) is 13.6. The Morgan fingerprint density at radius 1 is 0.411 bits per heavy atom. The van der Waals surface area contributed by atoms with Gasteiger partial charge in [-0.15, -0.1) is 0 Å². The highest BCUT2D eigenvalue weighted by molar-refractivity contribution is 6.27. The number of fused-ring (bicyclic) bond motifs is 4. The van der Waals surface area contributed by atoms with Crippen LogP contribution < -0.4 is 18.9 Å². The van der Waals surface area contributed by atoms with E-state index in [1.165, 1.54) is 11.1 Å². The minimum absolute atomic E-state index is 0.405. The van der Waals surface area contributed by atoms with Gasteiger partial charge in [-0.25, -0.2) is 9.59 Å². The van der Waals surface area contributed by atoms with E-state index in [1.54, 1.807) is 24.3 Å². The second-order valence-corrected chi connectivity index (χ2v) is 14.3. The molecule has 0 unspecified atom stereocenters. The van der Waals surface area contributed by atoms with Crippen LogP contribution in [0.25, 0.3) is 54.2 Å². The molecule has 8 aromatic carbocycles. The fourth-order valence-electron chi connectivity index (χ4n) is 7.63. The second kappa shape index (κ2) is 15.6. The molecule has 0 atom stereocenters. The van der Waals surface area contributed by atoms with Crippen LogP contribution in [-0.4, -0.2) is 12.3 Å². The second-order valence-electron chi connectivity index (χ2n) is 14.3. The Labute approximate surface area is 326 Å². The van der Waals surface area contributed by atoms with E-state index in [9.17, 15) is 9.59 Å². The normalized spacial score (nSPS) is 11.3. The van der Waals surface area contributed by atoms with Gasteiger partial charge in [-0.3, -0.25) is 0 Å². The lowest BCUT2D eigenvalue weighted by molar-refractivity contribution is 0.152. The zero-order valence-electron chi connectivity index (χ0n) is 32.0. The van der Waals surface area contributed by atoms with Gasteiger partial charge in [0.05, 0.1) is 0 Å². The van der Waals surface area contributed by atoms with Crippen LogP contribution >= 0.6 is 0 Å². The molecule has 6 heteroatoms. The molecule has 0 saturated heterocycles. The molecule has 0 radical (unpaired) electrons. The standard InChI is InChI=1S/C50H42O6/c1-5-11-33-21-27-41-43(29-33)45(37-13-7-9-15-39(37)47(41)55-49(51)53-35-23-17-31(3)18-24-35)46-38-14-8-10-16-40(38)48(42-28-22-34(12-6-2)30-44(42)46)56-50(52)54-36-25-19-32(4)20-26-36/h7-10,13-30H,5-6,11-12H2,1-4H3. The third-order valence-electron chi connectivity index (χ3n) is 10.2. The van der Waals surface area contributed by atoms with Crippen molar-refractivity contribution < 1.29 is 28.5 Å². The Kier molecular flexibility index (Phi) is 10.1. The van der Waals surface area contributed by atoms with Crippen molar-refractivity contribution in [3.8, 4) is 34.1 Å². The predicted molar refractivity (Wildman–Crippen MR) is 226 cm³/mol. The minimum Gasteiger partial charge on any atom is -0.395 e. The van der Waals surface area contributed by atoms with Crippen LogP contribution in [0.1, 0.15) is 48.9 Å². The first-order valence-corrected chi connectivity index (χ1v) is 19.2. The first-order chi connectivity index (χ1) is 27.3. The number of carbonyl (C=O) groups is 2. The number of rotatable bonds is 9. The van der Waals surface area contributed by atoms with Crippen molar-refractivity contribution in [2.75, 3.05) is 0 Å². The summed E-state index contributed by atoms with van der Waals surface area (Å²) in [4.78, 5) is 27.0. The molecule has 0 bridgehead atoms. The van der Waals surface area contributed by atoms with Gasteiger partial charge in [-0.2, -0.15) is 0 Å². The molecule has 0 aromatic heterocycles. The third kappa shape index (κ3) is 7.14. The molecule has 0 heterocycles. The van der Waals surface area contributed by atoms with E-state index in [4.69, 9.17) is 18.9 Å². The molecule has 56 heavy (non-hydrogen) atoms. The van der Waals surface area contributed by atoms with Crippen molar-refractivity contribution in [2.45, 2.75) is 53.4 Å². The molecule has 0 amide bonds. The Balaban J connectivity index is 1.39. The Bertz CT molecular complexity index is 2570. The summed E-state index contributed by atoms with van der Waals surface area (Å²) in [6.45, 7) is 8.29. The topological polar surface area (TPSA) is 71.1 Å². The molecule has 278 valence electrons. The van der Waals surface area contributed by atoms with Crippen molar-refractivity contribution in [1.29, 1.82) is 0 Å². The van der Waals surface area contributed by atoms with E-state index < -0.39 is 12.3 Å². The smallest absolute Gasteiger partial charge is 0.395 e. The van der Waals surface area contributed by atoms with Crippen LogP contribution in [0.15, 0.2) is 133 Å². The van der Waals surface area contributed by atoms with E-state index in [0.29, 0.717) is 23.0 Å². The maximum Gasteiger partial charge on any atom is 0.519 e. The first-order valence-electron chi connectivity index (χ1n) is 19.2. The zero-order valence-corrected chi connectivity index (χ0v) is 32.0. The van der Waals surface area contributed by atoms with E-state index in [-0.39, 0.29) is 0 Å². The van der Waals surface area contributed by atoms with Crippen molar-refractivity contribution in [3.05, 3.63) is 156 Å². The van der Waals surface area contributed by atoms with Gasteiger partial charge in [-0.05, 0) is 94.8 Å². The van der Waals surface area contributed by atoms with Gasteiger partial charge in [0.1, 0.15) is 23.0 Å². The summed E-state index contributed by atoms with van der Waals surface area (Å²) < 4.78 is 23.7. The molecule has 8 rings (SSSR count). The maximum atomic E-state index is 13.5. The van der Waals surface area contributed by atoms with Gasteiger partial charge < -0.3 is 18.9 Å². The van der Waals surface area contributed by atoms with Gasteiger partial charge in [0.15, 0.2) is 0 Å². The van der Waals surface area contributed by atoms with Gasteiger partial charge in [0, 0.05) is 21.5 Å². The van der Waals surface area contributed by atoms with Crippen molar-refractivity contribution >= 4 is 55.4 Å². The highest BCUT2D eigenvalue weighted by Gasteiger charge is 2.25. The van der Waals surface area contributed by atoms with Crippen molar-refractivity contribution in [3.63, 3.8) is 0 Å². The largest absolute Gasteiger partial charge is 0.519 e. The summed E-state index contributed by atoms with van der Waals surface area (Å²) in [5.74, 6) is 1.67. The van der Waals surface area contributed by atoms with Crippen LogP contribution in [-0.2, 0) is 12.8 Å². The summed E-state index contributed by atoms with van der Waals surface area (Å²) in [7, 11) is 0. The quantitative estimate of drug-likeness (QED) is 0.0834. The Hall–Kier alpha value is -6.66. The van der Waals surface area contributed by atoms with Crippen molar-refractivity contribution in [2.24, 2.45) is 0 Å². The van der Waals surface area contributed by atoms with Crippen LogP contribution in [0.3, 0.4) is 0 Å². The summed E-state index contributed by atoms with van der Waals surface area (Å²) >= 11 is 0. The van der Waals surface area contributed by atoms with Crippen molar-refractivity contribution in [1.82, 2.24) is 0 Å². The van der Waals surface area contributed by atoms with E-state index in [2.05, 4.69) is 62.4 Å². The van der Waals surface area contributed by atoms with E-state index in [0.717, 1.165) is 91.0 Å². The average molecular weight is 739 g/mol. The molecular weight excluding hydrogens is 697 g/mol. The molecule has 0 fully saturated rings. The molecule has 0 N–H and O–H groups in total. The molecule has 0 aliphatic heterocycles. The van der Waals surface area contributed by atoms with E-state index in [1.807, 2.05) is 74.5 Å². The molecule has 0 saturated carbocycles. The van der Waals surface area contributed by atoms with Crippen LogP contribution in [0.4, 0.5) is 9.59 Å². The monoisotopic (exact) mass is 738 g/mol. The van der Waals surface area contributed by atoms with Gasteiger partial charge in [-0.1, -0.05) is 147 Å². The first kappa shape index (κ1) is 36.3. The number of carbonyl (C=O) groups excluding carboxylic acids is 2. The molecular formula is C50H42O6. The van der Waals surface area contributed by atoms with Gasteiger partial charge >= 0.3 is 12.3 Å². The molecule has 0 spiro atoms. The molecule has 0 aliphatic carbocycles. The molecule has 8 aromatic rings. The van der Waals surface area contributed by atoms with Crippen LogP contribution in [0, 0.1) is 13.8 Å². The fourth-order valence-corrected chi connectivity index (χ4v) is 7.63. The third-order valence-corrected chi connectivity index (χ3v) is 10.2. The molecule has 0 aliphatic rings. The number of ether oxygens (including phenoxy) is 4. The summed E-state index contributed by atoms with van der Waals surface area (Å²) in [6, 6.07) is 43.4. The van der Waals surface area contributed by atoms with Gasteiger partial charge in [0.2, 0.25) is 0 Å². The average Bonchev–Trinajstić information content (AvgIpc) is 3.20. The number of aryl methyl sites for hydroxylation is 4. The number of hydrogen-bond acceptors (Lipinski definition) is 6. The number of benzene rings is 8. The van der Waals surface area contributed by atoms with Gasteiger partial charge in [0.25, 0.3) is 0 Å². The molecule has 6 nitrogen and oxygen atoms in total.